The van der Waals surface area contributed by atoms with Crippen molar-refractivity contribution in [2.24, 2.45) is 0 Å². The largest absolute Gasteiger partial charge is 0.486 e. The smallest absolute Gasteiger partial charge is 0.137 e. The van der Waals surface area contributed by atoms with Gasteiger partial charge in [-0.05, 0) is 43.7 Å². The third-order valence-electron chi connectivity index (χ3n) is 7.21. The highest BCUT2D eigenvalue weighted by molar-refractivity contribution is 5.60. The van der Waals surface area contributed by atoms with Crippen LogP contribution < -0.4 is 4.74 Å². The highest BCUT2D eigenvalue weighted by atomic mass is 16.5. The lowest BCUT2D eigenvalue weighted by Gasteiger charge is -2.60. The van der Waals surface area contributed by atoms with E-state index < -0.39 is 0 Å². The van der Waals surface area contributed by atoms with Crippen molar-refractivity contribution in [2.45, 2.75) is 61.9 Å². The van der Waals surface area contributed by atoms with E-state index in [-0.39, 0.29) is 23.2 Å². The van der Waals surface area contributed by atoms with Gasteiger partial charge in [0.15, 0.2) is 0 Å². The molecular weight excluding hydrogens is 278 g/mol. The lowest BCUT2D eigenvalue weighted by Crippen LogP contribution is -2.73. The number of nitrogens with zero attached hydrogens (tertiary/aromatic N) is 1. The van der Waals surface area contributed by atoms with Crippen LogP contribution in [0.3, 0.4) is 0 Å². The van der Waals surface area contributed by atoms with E-state index in [9.17, 15) is 5.11 Å². The summed E-state index contributed by atoms with van der Waals surface area (Å²) >= 11 is 0. The highest BCUT2D eigenvalue weighted by Crippen LogP contribution is 2.67. The third kappa shape index (κ3) is 1.02. The number of aliphatic hydroxyl groups is 1. The summed E-state index contributed by atoms with van der Waals surface area (Å²) in [5, 5.41) is 10.7. The molecule has 2 saturated heterocycles. The lowest BCUT2D eigenvalue weighted by atomic mass is 9.49. The van der Waals surface area contributed by atoms with Gasteiger partial charge in [0.05, 0.1) is 17.1 Å². The van der Waals surface area contributed by atoms with Crippen LogP contribution in [0.2, 0.25) is 0 Å². The molecule has 0 radical (unpaired) electrons. The first-order chi connectivity index (χ1) is 10.7. The van der Waals surface area contributed by atoms with Crippen molar-refractivity contribution >= 4 is 0 Å². The van der Waals surface area contributed by atoms with E-state index in [0.717, 1.165) is 44.7 Å². The third-order valence-corrected chi connectivity index (χ3v) is 7.21. The van der Waals surface area contributed by atoms with Crippen molar-refractivity contribution in [1.29, 1.82) is 0 Å². The maximum atomic E-state index is 10.7. The maximum absolute atomic E-state index is 10.7. The molecular formula is C18H21NO3. The highest BCUT2D eigenvalue weighted by Gasteiger charge is 2.75. The van der Waals surface area contributed by atoms with Gasteiger partial charge in [-0.2, -0.15) is 0 Å². The summed E-state index contributed by atoms with van der Waals surface area (Å²) in [4.78, 5) is 2.51. The molecule has 6 atom stereocenters. The fourth-order valence-electron chi connectivity index (χ4n) is 6.37. The van der Waals surface area contributed by atoms with Crippen LogP contribution in [0.15, 0.2) is 12.1 Å². The van der Waals surface area contributed by atoms with Gasteiger partial charge < -0.3 is 14.6 Å². The quantitative estimate of drug-likeness (QED) is 0.788. The Labute approximate surface area is 130 Å². The van der Waals surface area contributed by atoms with Crippen molar-refractivity contribution in [3.05, 3.63) is 28.8 Å². The number of aryl methyl sites for hydroxylation is 1. The Kier molecular flexibility index (Phi) is 1.98. The zero-order valence-corrected chi connectivity index (χ0v) is 12.8. The first-order valence-electron chi connectivity index (χ1n) is 8.53. The Bertz CT molecular complexity index is 704. The van der Waals surface area contributed by atoms with E-state index in [1.54, 1.807) is 0 Å². The second-order valence-corrected chi connectivity index (χ2v) is 7.81. The molecule has 22 heavy (non-hydrogen) atoms. The number of aliphatic hydroxyl groups excluding tert-OH is 1. The normalized spacial score (nSPS) is 49.7. The topological polar surface area (TPSA) is 41.9 Å². The molecule has 3 aliphatic heterocycles. The molecule has 4 heteroatoms. The summed E-state index contributed by atoms with van der Waals surface area (Å²) in [6, 6.07) is 4.93. The minimum atomic E-state index is -0.375. The summed E-state index contributed by atoms with van der Waals surface area (Å²) in [6.45, 7) is 3.93. The number of benzene rings is 1. The van der Waals surface area contributed by atoms with Crippen molar-refractivity contribution in [1.82, 2.24) is 4.90 Å². The van der Waals surface area contributed by atoms with Crippen LogP contribution >= 0.6 is 0 Å². The Morgan fingerprint density at radius 1 is 1.32 bits per heavy atom. The second kappa shape index (κ2) is 3.53. The Morgan fingerprint density at radius 2 is 2.23 bits per heavy atom. The number of piperidine rings is 1. The van der Waals surface area contributed by atoms with Gasteiger partial charge >= 0.3 is 0 Å². The Balaban J connectivity index is 1.73. The van der Waals surface area contributed by atoms with Crippen LogP contribution in [0.4, 0.5) is 0 Å². The summed E-state index contributed by atoms with van der Waals surface area (Å²) in [5.41, 5.74) is 3.74. The first kappa shape index (κ1) is 12.3. The van der Waals surface area contributed by atoms with Crippen molar-refractivity contribution in [3.63, 3.8) is 0 Å². The molecule has 6 rings (SSSR count). The molecule has 1 unspecified atom stereocenters. The summed E-state index contributed by atoms with van der Waals surface area (Å²) < 4.78 is 12.9. The molecule has 1 aromatic carbocycles. The fourth-order valence-corrected chi connectivity index (χ4v) is 6.37. The Morgan fingerprint density at radius 3 is 3.14 bits per heavy atom. The van der Waals surface area contributed by atoms with Crippen molar-refractivity contribution in [2.75, 3.05) is 13.3 Å². The SMILES string of the molecule is Cc1ccc2c3c1O[C@H]1[C@@H](O)CC[C@]45OCN(CC[C@]314)[C@@H]5C2. The molecule has 116 valence electrons. The van der Waals surface area contributed by atoms with Crippen LogP contribution in [-0.2, 0) is 16.6 Å². The lowest BCUT2D eigenvalue weighted by molar-refractivity contribution is -0.168. The molecule has 0 amide bonds. The molecule has 1 N–H and O–H groups in total. The van der Waals surface area contributed by atoms with Gasteiger partial charge in [0.1, 0.15) is 18.6 Å². The van der Waals surface area contributed by atoms with E-state index in [4.69, 9.17) is 9.47 Å². The fraction of sp³-hybridized carbons (Fsp3) is 0.667. The zero-order valence-electron chi connectivity index (χ0n) is 12.8. The number of rotatable bonds is 0. The minimum absolute atomic E-state index is 0.126. The molecule has 1 aromatic rings. The second-order valence-electron chi connectivity index (χ2n) is 7.81. The molecule has 4 bridgehead atoms. The van der Waals surface area contributed by atoms with Gasteiger partial charge in [0.2, 0.25) is 0 Å². The average Bonchev–Trinajstić information content (AvgIpc) is 2.97. The van der Waals surface area contributed by atoms with Gasteiger partial charge in [-0.3, -0.25) is 4.90 Å². The maximum Gasteiger partial charge on any atom is 0.137 e. The standard InChI is InChI=1S/C18H21NO3/c1-10-2-3-11-8-13-18-5-4-12(20)16-17(18,14(11)15(10)22-16)6-7-19(13)9-21-18/h2-3,12-13,16,20H,4-9H2,1H3/t12-,13+,16-,17-,18+/m0/s1. The minimum Gasteiger partial charge on any atom is -0.486 e. The van der Waals surface area contributed by atoms with E-state index in [0.29, 0.717) is 6.04 Å². The molecule has 1 saturated carbocycles. The van der Waals surface area contributed by atoms with Crippen molar-refractivity contribution in [3.8, 4) is 5.75 Å². The monoisotopic (exact) mass is 299 g/mol. The van der Waals surface area contributed by atoms with E-state index in [1.165, 1.54) is 16.7 Å². The number of hydrogen-bond donors (Lipinski definition) is 1. The van der Waals surface area contributed by atoms with Gasteiger partial charge in [0, 0.05) is 18.2 Å². The van der Waals surface area contributed by atoms with Gasteiger partial charge in [-0.25, -0.2) is 0 Å². The molecule has 3 fully saturated rings. The van der Waals surface area contributed by atoms with E-state index in [1.807, 2.05) is 0 Å². The average molecular weight is 299 g/mol. The van der Waals surface area contributed by atoms with Gasteiger partial charge in [-0.1, -0.05) is 12.1 Å². The molecule has 2 aliphatic carbocycles. The van der Waals surface area contributed by atoms with Crippen LogP contribution in [0.25, 0.3) is 0 Å². The molecule has 5 aliphatic rings. The van der Waals surface area contributed by atoms with Gasteiger partial charge in [-0.15, -0.1) is 0 Å². The van der Waals surface area contributed by atoms with Crippen LogP contribution in [0.5, 0.6) is 5.75 Å². The summed E-state index contributed by atoms with van der Waals surface area (Å²) in [6.07, 6.45) is 3.37. The predicted octanol–water partition coefficient (Wildman–Crippen LogP) is 1.51. The summed E-state index contributed by atoms with van der Waals surface area (Å²) in [5.74, 6) is 1.05. The van der Waals surface area contributed by atoms with Crippen LogP contribution in [-0.4, -0.2) is 47.1 Å². The van der Waals surface area contributed by atoms with Crippen molar-refractivity contribution < 1.29 is 14.6 Å². The molecule has 4 nitrogen and oxygen atoms in total. The number of hydrogen-bond acceptors (Lipinski definition) is 4. The zero-order chi connectivity index (χ0) is 14.7. The first-order valence-corrected chi connectivity index (χ1v) is 8.53. The van der Waals surface area contributed by atoms with Gasteiger partial charge in [0.25, 0.3) is 0 Å². The summed E-state index contributed by atoms with van der Waals surface area (Å²) in [7, 11) is 0. The molecule has 0 aromatic heterocycles. The van der Waals surface area contributed by atoms with E-state index >= 15 is 0 Å². The Hall–Kier alpha value is -1.10. The van der Waals surface area contributed by atoms with Crippen LogP contribution in [0.1, 0.15) is 36.0 Å². The van der Waals surface area contributed by atoms with Crippen LogP contribution in [0, 0.1) is 6.92 Å². The number of ether oxygens (including phenoxy) is 2. The van der Waals surface area contributed by atoms with E-state index in [2.05, 4.69) is 24.0 Å². The predicted molar refractivity (Wildman–Crippen MR) is 80.0 cm³/mol. The molecule has 2 spiro atoms. The molecule has 3 heterocycles.